The van der Waals surface area contributed by atoms with Gasteiger partial charge in [0.1, 0.15) is 24.2 Å². The number of nitrogens with zero attached hydrogens (tertiary/aromatic N) is 2. The van der Waals surface area contributed by atoms with Crippen LogP contribution in [0.2, 0.25) is 0 Å². The van der Waals surface area contributed by atoms with Crippen molar-refractivity contribution in [3.63, 3.8) is 0 Å². The van der Waals surface area contributed by atoms with Crippen LogP contribution in [0.1, 0.15) is 33.3 Å². The Balaban J connectivity index is 2.03. The van der Waals surface area contributed by atoms with Crippen molar-refractivity contribution in [2.24, 2.45) is 0 Å². The van der Waals surface area contributed by atoms with Gasteiger partial charge in [-0.15, -0.1) is 0 Å². The number of amides is 2. The highest BCUT2D eigenvalue weighted by atomic mass is 32.2. The van der Waals surface area contributed by atoms with Crippen LogP contribution in [0, 0.1) is 5.82 Å². The summed E-state index contributed by atoms with van der Waals surface area (Å²) in [6, 6.07) is 18.9. The number of carbonyl (C=O) groups is 2. The molecule has 0 aliphatic carbocycles. The van der Waals surface area contributed by atoms with E-state index in [9.17, 15) is 22.4 Å². The Kier molecular flexibility index (Phi) is 10.1. The maximum Gasteiger partial charge on any atom is 0.264 e. The first-order valence-electron chi connectivity index (χ1n) is 12.7. The molecule has 3 aromatic carbocycles. The predicted octanol–water partition coefficient (Wildman–Crippen LogP) is 4.36. The number of ether oxygens (including phenoxy) is 1. The molecule has 0 bridgehead atoms. The molecule has 0 spiro atoms. The molecule has 1 atom stereocenters. The molecule has 0 saturated heterocycles. The second kappa shape index (κ2) is 13.2. The van der Waals surface area contributed by atoms with Crippen LogP contribution in [0.15, 0.2) is 83.8 Å². The summed E-state index contributed by atoms with van der Waals surface area (Å²) in [5.74, 6) is -1.09. The van der Waals surface area contributed by atoms with E-state index in [1.165, 1.54) is 42.2 Å². The van der Waals surface area contributed by atoms with Gasteiger partial charge >= 0.3 is 0 Å². The van der Waals surface area contributed by atoms with E-state index < -0.39 is 40.2 Å². The van der Waals surface area contributed by atoms with Gasteiger partial charge in [-0.1, -0.05) is 36.4 Å². The summed E-state index contributed by atoms with van der Waals surface area (Å²) in [6.07, 6.45) is 0. The number of carbonyl (C=O) groups excluding carboxylic acids is 2. The van der Waals surface area contributed by atoms with Gasteiger partial charge < -0.3 is 15.0 Å². The zero-order valence-electron chi connectivity index (χ0n) is 22.5. The summed E-state index contributed by atoms with van der Waals surface area (Å²) in [5.41, 5.74) is 0.439. The van der Waals surface area contributed by atoms with E-state index in [1.807, 2.05) is 6.92 Å². The molecule has 3 rings (SSSR count). The SMILES string of the molecule is CCOc1ccc(N(CC(=O)N(Cc2ccccc2F)[C@@H](C)C(=O)NC(C)C)S(=O)(=O)c2ccccc2)cc1. The van der Waals surface area contributed by atoms with Gasteiger partial charge in [-0.3, -0.25) is 13.9 Å². The highest BCUT2D eigenvalue weighted by molar-refractivity contribution is 7.92. The van der Waals surface area contributed by atoms with Gasteiger partial charge in [0.2, 0.25) is 11.8 Å². The number of halogens is 1. The van der Waals surface area contributed by atoms with Crippen LogP contribution in [0.3, 0.4) is 0 Å². The van der Waals surface area contributed by atoms with Crippen LogP contribution in [0.25, 0.3) is 0 Å². The Labute approximate surface area is 229 Å². The third-order valence-electron chi connectivity index (χ3n) is 5.94. The molecule has 0 aliphatic heterocycles. The minimum atomic E-state index is -4.18. The van der Waals surface area contributed by atoms with Crippen LogP contribution in [-0.2, 0) is 26.2 Å². The number of nitrogens with one attached hydrogen (secondary N) is 1. The molecule has 3 aromatic rings. The third kappa shape index (κ3) is 7.57. The fraction of sp³-hybridized carbons (Fsp3) is 0.310. The zero-order valence-corrected chi connectivity index (χ0v) is 23.3. The highest BCUT2D eigenvalue weighted by Crippen LogP contribution is 2.26. The van der Waals surface area contributed by atoms with Gasteiger partial charge in [0, 0.05) is 18.2 Å². The molecule has 0 aromatic heterocycles. The molecular formula is C29H34FN3O5S. The lowest BCUT2D eigenvalue weighted by atomic mass is 10.1. The van der Waals surface area contributed by atoms with Crippen molar-refractivity contribution in [3.05, 3.63) is 90.2 Å². The summed E-state index contributed by atoms with van der Waals surface area (Å²) in [7, 11) is -4.18. The quantitative estimate of drug-likeness (QED) is 0.358. The van der Waals surface area contributed by atoms with Crippen LogP contribution >= 0.6 is 0 Å². The van der Waals surface area contributed by atoms with E-state index in [-0.39, 0.29) is 28.7 Å². The molecule has 0 fully saturated rings. The van der Waals surface area contributed by atoms with Crippen LogP contribution < -0.4 is 14.4 Å². The zero-order chi connectivity index (χ0) is 28.6. The lowest BCUT2D eigenvalue weighted by Gasteiger charge is -2.32. The second-order valence-electron chi connectivity index (χ2n) is 9.20. The monoisotopic (exact) mass is 555 g/mol. The molecule has 0 aliphatic rings. The Morgan fingerprint density at radius 3 is 2.13 bits per heavy atom. The Hall–Kier alpha value is -3.92. The molecule has 0 saturated carbocycles. The molecule has 39 heavy (non-hydrogen) atoms. The first kappa shape index (κ1) is 29.6. The van der Waals surface area contributed by atoms with Gasteiger partial charge in [-0.2, -0.15) is 0 Å². The fourth-order valence-corrected chi connectivity index (χ4v) is 5.36. The molecular weight excluding hydrogens is 521 g/mol. The first-order chi connectivity index (χ1) is 18.5. The van der Waals surface area contributed by atoms with Crippen LogP contribution in [0.5, 0.6) is 5.75 Å². The average molecular weight is 556 g/mol. The van der Waals surface area contributed by atoms with E-state index in [4.69, 9.17) is 4.74 Å². The van der Waals surface area contributed by atoms with E-state index in [0.717, 1.165) is 4.31 Å². The third-order valence-corrected chi connectivity index (χ3v) is 7.73. The Morgan fingerprint density at radius 2 is 1.54 bits per heavy atom. The van der Waals surface area contributed by atoms with E-state index in [0.29, 0.717) is 12.4 Å². The number of rotatable bonds is 12. The van der Waals surface area contributed by atoms with Crippen molar-refractivity contribution < 1.29 is 27.1 Å². The largest absolute Gasteiger partial charge is 0.494 e. The highest BCUT2D eigenvalue weighted by Gasteiger charge is 2.33. The van der Waals surface area contributed by atoms with Crippen molar-refractivity contribution >= 4 is 27.5 Å². The molecule has 0 heterocycles. The van der Waals surface area contributed by atoms with E-state index in [1.54, 1.807) is 62.4 Å². The Bertz CT molecular complexity index is 1370. The lowest BCUT2D eigenvalue weighted by molar-refractivity contribution is -0.139. The van der Waals surface area contributed by atoms with Gasteiger partial charge in [0.05, 0.1) is 17.2 Å². The number of benzene rings is 3. The summed E-state index contributed by atoms with van der Waals surface area (Å²) in [5, 5.41) is 2.77. The van der Waals surface area contributed by atoms with Gasteiger partial charge in [0.15, 0.2) is 0 Å². The molecule has 8 nitrogen and oxygen atoms in total. The minimum Gasteiger partial charge on any atom is -0.494 e. The van der Waals surface area contributed by atoms with E-state index in [2.05, 4.69) is 5.32 Å². The lowest BCUT2D eigenvalue weighted by Crippen LogP contribution is -2.52. The summed E-state index contributed by atoms with van der Waals surface area (Å²) in [6.45, 7) is 6.54. The maximum atomic E-state index is 14.6. The van der Waals surface area contributed by atoms with E-state index >= 15 is 0 Å². The average Bonchev–Trinajstić information content (AvgIpc) is 2.91. The van der Waals surface area contributed by atoms with Crippen molar-refractivity contribution in [2.75, 3.05) is 17.5 Å². The number of sulfonamides is 1. The number of anilines is 1. The molecule has 2 amide bonds. The second-order valence-corrected chi connectivity index (χ2v) is 11.1. The molecule has 10 heteroatoms. The smallest absolute Gasteiger partial charge is 0.264 e. The minimum absolute atomic E-state index is 0.00191. The Morgan fingerprint density at radius 1 is 0.923 bits per heavy atom. The molecule has 1 N–H and O–H groups in total. The summed E-state index contributed by atoms with van der Waals surface area (Å²) < 4.78 is 48.5. The van der Waals surface area contributed by atoms with Crippen molar-refractivity contribution in [3.8, 4) is 5.75 Å². The predicted molar refractivity (Wildman–Crippen MR) is 148 cm³/mol. The standard InChI is InChI=1S/C29H34FN3O5S/c1-5-38-25-17-15-24(16-18-25)33(39(36,37)26-12-7-6-8-13-26)20-28(34)32(22(4)29(35)31-21(2)3)19-23-11-9-10-14-27(23)30/h6-18,21-22H,5,19-20H2,1-4H3,(H,31,35)/t22-/m0/s1. The van der Waals surface area contributed by atoms with Gasteiger partial charge in [-0.25, -0.2) is 12.8 Å². The van der Waals surface area contributed by atoms with Crippen LogP contribution in [0.4, 0.5) is 10.1 Å². The maximum absolute atomic E-state index is 14.6. The van der Waals surface area contributed by atoms with Crippen molar-refractivity contribution in [1.29, 1.82) is 0 Å². The summed E-state index contributed by atoms with van der Waals surface area (Å²) >= 11 is 0. The van der Waals surface area contributed by atoms with Gasteiger partial charge in [-0.05, 0) is 70.2 Å². The van der Waals surface area contributed by atoms with Crippen molar-refractivity contribution in [2.45, 2.75) is 51.2 Å². The topological polar surface area (TPSA) is 96.0 Å². The molecule has 208 valence electrons. The normalized spacial score (nSPS) is 12.1. The molecule has 0 unspecified atom stereocenters. The van der Waals surface area contributed by atoms with Crippen molar-refractivity contribution in [1.82, 2.24) is 10.2 Å². The summed E-state index contributed by atoms with van der Waals surface area (Å²) in [4.78, 5) is 27.9. The number of hydrogen-bond donors (Lipinski definition) is 1. The number of hydrogen-bond acceptors (Lipinski definition) is 5. The first-order valence-corrected chi connectivity index (χ1v) is 14.1. The van der Waals surface area contributed by atoms with Crippen LogP contribution in [-0.4, -0.2) is 50.4 Å². The molecule has 0 radical (unpaired) electrons. The van der Waals surface area contributed by atoms with Gasteiger partial charge in [0.25, 0.3) is 10.0 Å². The fourth-order valence-electron chi connectivity index (χ4n) is 3.92.